The van der Waals surface area contributed by atoms with Gasteiger partial charge in [0.25, 0.3) is 5.91 Å². The molecule has 1 saturated heterocycles. The molecule has 5 heteroatoms. The SMILES string of the molecule is CCC(C)(C)C(=O)C(=O)N1CCCCC1CNCCCCc1cccnc1. The number of likely N-dealkylation sites (tertiary alicyclic amines) is 1. The van der Waals surface area contributed by atoms with Gasteiger partial charge in [-0.3, -0.25) is 14.6 Å². The number of Topliss-reactive ketones (excluding diaryl/α,β-unsaturated/α-hetero) is 1. The number of nitrogens with one attached hydrogen (secondary N) is 1. The van der Waals surface area contributed by atoms with E-state index in [2.05, 4.69) is 16.4 Å². The number of hydrogen-bond donors (Lipinski definition) is 1. The Morgan fingerprint density at radius 3 is 2.81 bits per heavy atom. The number of carbonyl (C=O) groups is 2. The van der Waals surface area contributed by atoms with E-state index in [9.17, 15) is 9.59 Å². The third-order valence-electron chi connectivity index (χ3n) is 5.75. The van der Waals surface area contributed by atoms with Crippen LogP contribution in [-0.4, -0.2) is 47.3 Å². The molecular formula is C22H35N3O2. The summed E-state index contributed by atoms with van der Waals surface area (Å²) < 4.78 is 0. The van der Waals surface area contributed by atoms with Crippen LogP contribution in [0.15, 0.2) is 24.5 Å². The first kappa shape index (κ1) is 21.5. The normalized spacial score (nSPS) is 17.7. The maximum atomic E-state index is 12.7. The molecule has 1 N–H and O–H groups in total. The van der Waals surface area contributed by atoms with E-state index in [4.69, 9.17) is 0 Å². The molecule has 2 rings (SSSR count). The van der Waals surface area contributed by atoms with Gasteiger partial charge in [0.05, 0.1) is 0 Å². The number of amides is 1. The molecule has 0 spiro atoms. The number of hydrogen-bond acceptors (Lipinski definition) is 4. The maximum absolute atomic E-state index is 12.7. The van der Waals surface area contributed by atoms with E-state index in [0.29, 0.717) is 13.0 Å². The summed E-state index contributed by atoms with van der Waals surface area (Å²) in [5, 5.41) is 3.50. The van der Waals surface area contributed by atoms with Crippen LogP contribution in [0.2, 0.25) is 0 Å². The second-order valence-corrected chi connectivity index (χ2v) is 8.24. The highest BCUT2D eigenvalue weighted by atomic mass is 16.2. The van der Waals surface area contributed by atoms with Gasteiger partial charge in [0.15, 0.2) is 0 Å². The van der Waals surface area contributed by atoms with Gasteiger partial charge in [-0.15, -0.1) is 0 Å². The summed E-state index contributed by atoms with van der Waals surface area (Å²) in [6.45, 7) is 8.12. The fraction of sp³-hybridized carbons (Fsp3) is 0.682. The number of aromatic nitrogens is 1. The average Bonchev–Trinajstić information content (AvgIpc) is 2.70. The van der Waals surface area contributed by atoms with Gasteiger partial charge in [0, 0.05) is 36.9 Å². The van der Waals surface area contributed by atoms with Gasteiger partial charge >= 0.3 is 0 Å². The first-order valence-electron chi connectivity index (χ1n) is 10.4. The molecule has 1 aliphatic heterocycles. The second kappa shape index (κ2) is 10.5. The molecule has 0 saturated carbocycles. The largest absolute Gasteiger partial charge is 0.332 e. The second-order valence-electron chi connectivity index (χ2n) is 8.24. The summed E-state index contributed by atoms with van der Waals surface area (Å²) in [5.41, 5.74) is 0.706. The zero-order valence-corrected chi connectivity index (χ0v) is 17.2. The predicted molar refractivity (Wildman–Crippen MR) is 108 cm³/mol. The number of carbonyl (C=O) groups excluding carboxylic acids is 2. The molecule has 27 heavy (non-hydrogen) atoms. The number of unbranched alkanes of at least 4 members (excludes halogenated alkanes) is 1. The number of rotatable bonds is 10. The summed E-state index contributed by atoms with van der Waals surface area (Å²) in [7, 11) is 0. The van der Waals surface area contributed by atoms with E-state index in [1.807, 2.05) is 37.9 Å². The zero-order chi connectivity index (χ0) is 19.7. The van der Waals surface area contributed by atoms with Gasteiger partial charge in [-0.25, -0.2) is 0 Å². The van der Waals surface area contributed by atoms with Crippen LogP contribution >= 0.6 is 0 Å². The fourth-order valence-electron chi connectivity index (χ4n) is 3.45. The third-order valence-corrected chi connectivity index (χ3v) is 5.75. The first-order valence-corrected chi connectivity index (χ1v) is 10.4. The quantitative estimate of drug-likeness (QED) is 0.504. The predicted octanol–water partition coefficient (Wildman–Crippen LogP) is 3.38. The minimum absolute atomic E-state index is 0.140. The molecule has 2 heterocycles. The standard InChI is InChI=1S/C22H35N3O2/c1-4-22(2,3)20(26)21(27)25-15-8-6-12-19(25)17-24-13-7-5-10-18-11-9-14-23-16-18/h9,11,14,16,19,24H,4-8,10,12-13,15,17H2,1-3H3. The Morgan fingerprint density at radius 2 is 2.11 bits per heavy atom. The third kappa shape index (κ3) is 6.42. The maximum Gasteiger partial charge on any atom is 0.290 e. The molecule has 0 aromatic carbocycles. The Hall–Kier alpha value is -1.75. The summed E-state index contributed by atoms with van der Waals surface area (Å²) >= 11 is 0. The van der Waals surface area contributed by atoms with Gasteiger partial charge < -0.3 is 10.2 Å². The molecule has 1 atom stereocenters. The van der Waals surface area contributed by atoms with E-state index < -0.39 is 5.41 Å². The van der Waals surface area contributed by atoms with E-state index >= 15 is 0 Å². The molecule has 1 aromatic rings. The smallest absolute Gasteiger partial charge is 0.290 e. The molecule has 5 nitrogen and oxygen atoms in total. The van der Waals surface area contributed by atoms with Gasteiger partial charge in [-0.05, 0) is 63.1 Å². The Labute approximate surface area is 163 Å². The van der Waals surface area contributed by atoms with E-state index in [1.165, 1.54) is 5.56 Å². The van der Waals surface area contributed by atoms with Crippen molar-refractivity contribution in [1.29, 1.82) is 0 Å². The Morgan fingerprint density at radius 1 is 1.30 bits per heavy atom. The molecule has 1 fully saturated rings. The van der Waals surface area contributed by atoms with Crippen LogP contribution in [0.1, 0.15) is 64.9 Å². The highest BCUT2D eigenvalue weighted by Gasteiger charge is 2.37. The van der Waals surface area contributed by atoms with Crippen molar-refractivity contribution in [2.24, 2.45) is 5.41 Å². The van der Waals surface area contributed by atoms with Gasteiger partial charge in [-0.1, -0.05) is 26.8 Å². The van der Waals surface area contributed by atoms with Crippen LogP contribution in [0.5, 0.6) is 0 Å². The summed E-state index contributed by atoms with van der Waals surface area (Å²) in [6.07, 6.45) is 10.8. The highest BCUT2D eigenvalue weighted by molar-refractivity contribution is 6.38. The number of nitrogens with zero attached hydrogens (tertiary/aromatic N) is 2. The van der Waals surface area contributed by atoms with Crippen LogP contribution in [0, 0.1) is 5.41 Å². The molecule has 0 radical (unpaired) electrons. The molecule has 1 aromatic heterocycles. The highest BCUT2D eigenvalue weighted by Crippen LogP contribution is 2.25. The number of aryl methyl sites for hydroxylation is 1. The van der Waals surface area contributed by atoms with Crippen LogP contribution < -0.4 is 5.32 Å². The van der Waals surface area contributed by atoms with E-state index in [1.54, 1.807) is 6.20 Å². The van der Waals surface area contributed by atoms with E-state index in [-0.39, 0.29) is 17.7 Å². The van der Waals surface area contributed by atoms with Crippen molar-refractivity contribution in [2.75, 3.05) is 19.6 Å². The lowest BCUT2D eigenvalue weighted by atomic mass is 9.84. The van der Waals surface area contributed by atoms with Gasteiger partial charge in [0.2, 0.25) is 5.78 Å². The minimum Gasteiger partial charge on any atom is -0.332 e. The lowest BCUT2D eigenvalue weighted by molar-refractivity contribution is -0.151. The van der Waals surface area contributed by atoms with Crippen molar-refractivity contribution in [2.45, 2.75) is 71.8 Å². The van der Waals surface area contributed by atoms with Crippen molar-refractivity contribution in [3.63, 3.8) is 0 Å². The number of piperidine rings is 1. The van der Waals surface area contributed by atoms with Gasteiger partial charge in [-0.2, -0.15) is 0 Å². The fourth-order valence-corrected chi connectivity index (χ4v) is 3.45. The molecule has 1 unspecified atom stereocenters. The first-order chi connectivity index (χ1) is 13.0. The molecule has 0 aliphatic carbocycles. The topological polar surface area (TPSA) is 62.3 Å². The molecule has 1 amide bonds. The van der Waals surface area contributed by atoms with Crippen molar-refractivity contribution >= 4 is 11.7 Å². The van der Waals surface area contributed by atoms with Gasteiger partial charge in [0.1, 0.15) is 0 Å². The van der Waals surface area contributed by atoms with E-state index in [0.717, 1.165) is 51.6 Å². The van der Waals surface area contributed by atoms with Crippen molar-refractivity contribution < 1.29 is 9.59 Å². The Bertz CT molecular complexity index is 601. The molecule has 150 valence electrons. The summed E-state index contributed by atoms with van der Waals surface area (Å²) in [6, 6.07) is 4.23. The minimum atomic E-state index is -0.571. The van der Waals surface area contributed by atoms with Crippen LogP contribution in [-0.2, 0) is 16.0 Å². The number of pyridine rings is 1. The lowest BCUT2D eigenvalue weighted by Gasteiger charge is -2.37. The van der Waals surface area contributed by atoms with Crippen LogP contribution in [0.4, 0.5) is 0 Å². The molecule has 0 bridgehead atoms. The molecular weight excluding hydrogens is 338 g/mol. The van der Waals surface area contributed by atoms with Crippen molar-refractivity contribution in [1.82, 2.24) is 15.2 Å². The van der Waals surface area contributed by atoms with Crippen molar-refractivity contribution in [3.8, 4) is 0 Å². The Balaban J connectivity index is 1.75. The molecule has 1 aliphatic rings. The average molecular weight is 374 g/mol. The Kier molecular flexibility index (Phi) is 8.42. The lowest BCUT2D eigenvalue weighted by Crippen LogP contribution is -2.52. The monoisotopic (exact) mass is 373 g/mol. The number of ketones is 1. The van der Waals surface area contributed by atoms with Crippen LogP contribution in [0.25, 0.3) is 0 Å². The zero-order valence-electron chi connectivity index (χ0n) is 17.2. The van der Waals surface area contributed by atoms with Crippen LogP contribution in [0.3, 0.4) is 0 Å². The summed E-state index contributed by atoms with van der Waals surface area (Å²) in [5.74, 6) is -0.529. The van der Waals surface area contributed by atoms with Crippen molar-refractivity contribution in [3.05, 3.63) is 30.1 Å². The summed E-state index contributed by atoms with van der Waals surface area (Å²) in [4.78, 5) is 31.3.